The minimum Gasteiger partial charge on any atom is -0.389 e. The predicted molar refractivity (Wildman–Crippen MR) is 73.2 cm³/mol. The molecule has 0 aromatic carbocycles. The lowest BCUT2D eigenvalue weighted by Crippen LogP contribution is -2.52. The molecule has 0 bridgehead atoms. The van der Waals surface area contributed by atoms with Gasteiger partial charge in [0, 0.05) is 19.1 Å². The first-order valence-electron chi connectivity index (χ1n) is 6.95. The molecule has 1 heterocycles. The Bertz CT molecular complexity index is 238. The second kappa shape index (κ2) is 5.68. The summed E-state index contributed by atoms with van der Waals surface area (Å²) >= 11 is 0. The van der Waals surface area contributed by atoms with Gasteiger partial charge in [-0.2, -0.15) is 0 Å². The molecule has 1 saturated heterocycles. The molecule has 17 heavy (non-hydrogen) atoms. The molecule has 0 aromatic heterocycles. The van der Waals surface area contributed by atoms with E-state index in [-0.39, 0.29) is 5.41 Å². The fraction of sp³-hybridized carbons (Fsp3) is 1.00. The molecule has 2 N–H and O–H groups in total. The third-order valence-corrected chi connectivity index (χ3v) is 4.07. The van der Waals surface area contributed by atoms with Gasteiger partial charge in [-0.15, -0.1) is 0 Å². The van der Waals surface area contributed by atoms with Crippen LogP contribution in [0.2, 0.25) is 0 Å². The van der Waals surface area contributed by atoms with E-state index in [4.69, 9.17) is 0 Å². The van der Waals surface area contributed by atoms with Crippen molar-refractivity contribution in [2.45, 2.75) is 59.1 Å². The first-order valence-corrected chi connectivity index (χ1v) is 6.95. The zero-order valence-electron chi connectivity index (χ0n) is 12.2. The second-order valence-corrected chi connectivity index (χ2v) is 6.58. The molecule has 1 aliphatic heterocycles. The Morgan fingerprint density at radius 3 is 2.65 bits per heavy atom. The number of aliphatic hydroxyl groups is 1. The lowest BCUT2D eigenvalue weighted by atomic mass is 9.83. The lowest BCUT2D eigenvalue weighted by Gasteiger charge is -2.42. The minimum absolute atomic E-state index is 0.240. The van der Waals surface area contributed by atoms with E-state index in [0.717, 1.165) is 39.0 Å². The number of hydrogen-bond donors (Lipinski definition) is 2. The molecule has 0 spiro atoms. The molecule has 2 unspecified atom stereocenters. The average Bonchev–Trinajstić information content (AvgIpc) is 2.15. The fourth-order valence-corrected chi connectivity index (χ4v) is 2.75. The smallest absolute Gasteiger partial charge is 0.0746 e. The van der Waals surface area contributed by atoms with Gasteiger partial charge in [0.15, 0.2) is 0 Å². The van der Waals surface area contributed by atoms with Gasteiger partial charge in [0.05, 0.1) is 5.60 Å². The molecule has 0 saturated carbocycles. The van der Waals surface area contributed by atoms with Crippen molar-refractivity contribution in [1.82, 2.24) is 10.2 Å². The van der Waals surface area contributed by atoms with Crippen molar-refractivity contribution in [2.24, 2.45) is 5.41 Å². The zero-order valence-corrected chi connectivity index (χ0v) is 12.2. The number of nitrogens with one attached hydrogen (secondary N) is 1. The molecule has 0 radical (unpaired) electrons. The molecular weight excluding hydrogens is 212 g/mol. The van der Waals surface area contributed by atoms with Gasteiger partial charge in [-0.3, -0.25) is 4.90 Å². The van der Waals surface area contributed by atoms with Crippen LogP contribution >= 0.6 is 0 Å². The highest BCUT2D eigenvalue weighted by atomic mass is 16.3. The van der Waals surface area contributed by atoms with E-state index in [1.54, 1.807) is 0 Å². The maximum Gasteiger partial charge on any atom is 0.0746 e. The molecule has 102 valence electrons. The molecule has 0 amide bonds. The van der Waals surface area contributed by atoms with Crippen LogP contribution in [-0.2, 0) is 0 Å². The Labute approximate surface area is 107 Å². The van der Waals surface area contributed by atoms with Gasteiger partial charge in [0.1, 0.15) is 0 Å². The van der Waals surface area contributed by atoms with E-state index in [2.05, 4.69) is 37.9 Å². The first-order chi connectivity index (χ1) is 7.77. The molecule has 0 aliphatic carbocycles. The average molecular weight is 242 g/mol. The number of β-amino-alcohol motifs (C(OH)–C–C–N with tert-alkyl or cyclic N) is 1. The Morgan fingerprint density at radius 2 is 2.12 bits per heavy atom. The maximum absolute atomic E-state index is 10.1. The molecule has 1 fully saturated rings. The molecule has 1 rings (SSSR count). The quantitative estimate of drug-likeness (QED) is 0.772. The Morgan fingerprint density at radius 1 is 1.47 bits per heavy atom. The van der Waals surface area contributed by atoms with Crippen molar-refractivity contribution in [2.75, 3.05) is 26.2 Å². The van der Waals surface area contributed by atoms with Crippen LogP contribution in [0.1, 0.15) is 47.5 Å². The summed E-state index contributed by atoms with van der Waals surface area (Å²) < 4.78 is 0. The third kappa shape index (κ3) is 4.57. The van der Waals surface area contributed by atoms with Crippen LogP contribution in [0.3, 0.4) is 0 Å². The van der Waals surface area contributed by atoms with Crippen molar-refractivity contribution in [3.63, 3.8) is 0 Å². The highest BCUT2D eigenvalue weighted by Crippen LogP contribution is 2.27. The van der Waals surface area contributed by atoms with Crippen LogP contribution in [0.15, 0.2) is 0 Å². The van der Waals surface area contributed by atoms with Crippen LogP contribution in [0, 0.1) is 5.41 Å². The summed E-state index contributed by atoms with van der Waals surface area (Å²) in [6, 6.07) is 0.499. The van der Waals surface area contributed by atoms with Crippen molar-refractivity contribution < 1.29 is 5.11 Å². The first kappa shape index (κ1) is 14.9. The highest BCUT2D eigenvalue weighted by molar-refractivity contribution is 4.89. The number of rotatable bonds is 5. The summed E-state index contributed by atoms with van der Waals surface area (Å²) in [5.74, 6) is 0. The van der Waals surface area contributed by atoms with Crippen LogP contribution in [0.4, 0.5) is 0 Å². The van der Waals surface area contributed by atoms with Crippen molar-refractivity contribution >= 4 is 0 Å². The van der Waals surface area contributed by atoms with Gasteiger partial charge in [-0.05, 0) is 45.2 Å². The summed E-state index contributed by atoms with van der Waals surface area (Å²) in [6.45, 7) is 15.0. The normalized spacial score (nSPS) is 29.3. The SMILES string of the molecule is CCNC(C)C(C)(C)CN1CCCC(C)(O)C1. The predicted octanol–water partition coefficient (Wildman–Crippen LogP) is 1.86. The van der Waals surface area contributed by atoms with Crippen LogP contribution < -0.4 is 5.32 Å². The summed E-state index contributed by atoms with van der Waals surface area (Å²) in [4.78, 5) is 2.41. The monoisotopic (exact) mass is 242 g/mol. The summed E-state index contributed by atoms with van der Waals surface area (Å²) in [5.41, 5.74) is -0.251. The van der Waals surface area contributed by atoms with E-state index in [1.165, 1.54) is 0 Å². The summed E-state index contributed by atoms with van der Waals surface area (Å²) in [7, 11) is 0. The van der Waals surface area contributed by atoms with Crippen LogP contribution in [-0.4, -0.2) is 47.8 Å². The Kier molecular flexibility index (Phi) is 4.99. The van der Waals surface area contributed by atoms with Crippen molar-refractivity contribution in [1.29, 1.82) is 0 Å². The largest absolute Gasteiger partial charge is 0.389 e. The standard InChI is InChI=1S/C14H30N2O/c1-6-15-12(2)13(3,4)10-16-9-7-8-14(5,17)11-16/h12,15,17H,6-11H2,1-5H3. The van der Waals surface area contributed by atoms with E-state index in [9.17, 15) is 5.11 Å². The van der Waals surface area contributed by atoms with E-state index >= 15 is 0 Å². The van der Waals surface area contributed by atoms with Gasteiger partial charge in [0.25, 0.3) is 0 Å². The molecule has 3 nitrogen and oxygen atoms in total. The Balaban J connectivity index is 2.52. The third-order valence-electron chi connectivity index (χ3n) is 4.07. The highest BCUT2D eigenvalue weighted by Gasteiger charge is 2.33. The number of hydrogen-bond acceptors (Lipinski definition) is 3. The number of piperidine rings is 1. The van der Waals surface area contributed by atoms with Gasteiger partial charge in [-0.1, -0.05) is 20.8 Å². The van der Waals surface area contributed by atoms with Gasteiger partial charge >= 0.3 is 0 Å². The van der Waals surface area contributed by atoms with Crippen LogP contribution in [0.25, 0.3) is 0 Å². The number of nitrogens with zero attached hydrogens (tertiary/aromatic N) is 1. The minimum atomic E-state index is -0.490. The molecular formula is C14H30N2O. The van der Waals surface area contributed by atoms with E-state index in [0.29, 0.717) is 6.04 Å². The van der Waals surface area contributed by atoms with Crippen LogP contribution in [0.5, 0.6) is 0 Å². The van der Waals surface area contributed by atoms with Crippen molar-refractivity contribution in [3.05, 3.63) is 0 Å². The topological polar surface area (TPSA) is 35.5 Å². The summed E-state index contributed by atoms with van der Waals surface area (Å²) in [5, 5.41) is 13.6. The molecule has 0 aromatic rings. The van der Waals surface area contributed by atoms with Gasteiger partial charge in [-0.25, -0.2) is 0 Å². The molecule has 3 heteroatoms. The molecule has 2 atom stereocenters. The van der Waals surface area contributed by atoms with E-state index < -0.39 is 5.60 Å². The number of likely N-dealkylation sites (tertiary alicyclic amines) is 1. The maximum atomic E-state index is 10.1. The zero-order chi connectivity index (χ0) is 13.1. The summed E-state index contributed by atoms with van der Waals surface area (Å²) in [6.07, 6.45) is 2.05. The Hall–Kier alpha value is -0.120. The second-order valence-electron chi connectivity index (χ2n) is 6.58. The lowest BCUT2D eigenvalue weighted by molar-refractivity contribution is -0.0282. The van der Waals surface area contributed by atoms with Gasteiger partial charge < -0.3 is 10.4 Å². The molecule has 1 aliphatic rings. The van der Waals surface area contributed by atoms with Crippen molar-refractivity contribution in [3.8, 4) is 0 Å². The van der Waals surface area contributed by atoms with E-state index in [1.807, 2.05) is 6.92 Å². The fourth-order valence-electron chi connectivity index (χ4n) is 2.75. The van der Waals surface area contributed by atoms with Gasteiger partial charge in [0.2, 0.25) is 0 Å².